The molecule has 2 nitrogen and oxygen atoms in total. The van der Waals surface area contributed by atoms with E-state index in [0.29, 0.717) is 17.5 Å². The Labute approximate surface area is 110 Å². The monoisotopic (exact) mass is 265 g/mol. The molecule has 0 N–H and O–H groups in total. The van der Waals surface area contributed by atoms with Crippen molar-refractivity contribution in [3.8, 4) is 5.75 Å². The lowest BCUT2D eigenvalue weighted by Gasteiger charge is -2.10. The minimum Gasteiger partial charge on any atom is -0.484 e. The molecule has 4 heteroatoms. The maximum Gasteiger partial charge on any atom is 0.172 e. The molecule has 0 fully saturated rings. The number of aromatic nitrogens is 1. The molecule has 0 unspecified atom stereocenters. The lowest BCUT2D eigenvalue weighted by atomic mass is 10.2. The van der Waals surface area contributed by atoms with E-state index in [1.165, 1.54) is 0 Å². The molecule has 1 aromatic carbocycles. The first-order valence-electron chi connectivity index (χ1n) is 5.16. The molecule has 0 bridgehead atoms. The molecular formula is C13H12ClNOS. The smallest absolute Gasteiger partial charge is 0.172 e. The summed E-state index contributed by atoms with van der Waals surface area (Å²) < 4.78 is 5.73. The Morgan fingerprint density at radius 2 is 2.00 bits per heavy atom. The molecule has 0 saturated carbocycles. The van der Waals surface area contributed by atoms with Crippen LogP contribution in [-0.2, 0) is 6.61 Å². The normalized spacial score (nSPS) is 10.2. The van der Waals surface area contributed by atoms with E-state index in [1.807, 2.05) is 42.7 Å². The molecular weight excluding hydrogens is 254 g/mol. The molecule has 0 atom stereocenters. The summed E-state index contributed by atoms with van der Waals surface area (Å²) in [6, 6.07) is 11.9. The number of halogens is 1. The predicted octanol–water partition coefficient (Wildman–Crippen LogP) is 4.04. The van der Waals surface area contributed by atoms with Gasteiger partial charge in [0.05, 0.1) is 4.90 Å². The lowest BCUT2D eigenvalue weighted by Crippen LogP contribution is -1.97. The molecule has 0 saturated heterocycles. The zero-order valence-corrected chi connectivity index (χ0v) is 11.0. The van der Waals surface area contributed by atoms with Gasteiger partial charge >= 0.3 is 0 Å². The van der Waals surface area contributed by atoms with E-state index in [0.717, 1.165) is 10.5 Å². The molecule has 0 aliphatic heterocycles. The van der Waals surface area contributed by atoms with Gasteiger partial charge < -0.3 is 4.74 Å². The van der Waals surface area contributed by atoms with Gasteiger partial charge in [-0.05, 0) is 17.9 Å². The standard InChI is InChI=1S/C13H12ClNOS/c1-17-11-7-8-15-13(14)12(11)16-9-10-5-3-2-4-6-10/h2-8H,9H2,1H3. The van der Waals surface area contributed by atoms with Crippen LogP contribution in [0.15, 0.2) is 47.5 Å². The Bertz CT molecular complexity index is 490. The van der Waals surface area contributed by atoms with Gasteiger partial charge in [-0.2, -0.15) is 0 Å². The minimum atomic E-state index is 0.410. The second-order valence-electron chi connectivity index (χ2n) is 3.41. The van der Waals surface area contributed by atoms with Crippen LogP contribution >= 0.6 is 23.4 Å². The molecule has 1 heterocycles. The van der Waals surface area contributed by atoms with Crippen molar-refractivity contribution in [2.45, 2.75) is 11.5 Å². The fourth-order valence-electron chi connectivity index (χ4n) is 1.43. The summed E-state index contributed by atoms with van der Waals surface area (Å²) in [7, 11) is 0. The number of rotatable bonds is 4. The third-order valence-corrected chi connectivity index (χ3v) is 3.30. The van der Waals surface area contributed by atoms with Crippen LogP contribution in [0.2, 0.25) is 5.15 Å². The highest BCUT2D eigenvalue weighted by atomic mass is 35.5. The molecule has 1 aromatic heterocycles. The second-order valence-corrected chi connectivity index (χ2v) is 4.61. The third-order valence-electron chi connectivity index (χ3n) is 2.27. The second kappa shape index (κ2) is 5.94. The van der Waals surface area contributed by atoms with Gasteiger partial charge in [0, 0.05) is 6.20 Å². The van der Waals surface area contributed by atoms with Crippen molar-refractivity contribution in [2.75, 3.05) is 6.26 Å². The Morgan fingerprint density at radius 3 is 2.71 bits per heavy atom. The zero-order chi connectivity index (χ0) is 12.1. The summed E-state index contributed by atoms with van der Waals surface area (Å²) in [5.41, 5.74) is 1.11. The summed E-state index contributed by atoms with van der Waals surface area (Å²) in [6.07, 6.45) is 3.67. The Hall–Kier alpha value is -1.19. The van der Waals surface area contributed by atoms with Gasteiger partial charge in [-0.15, -0.1) is 11.8 Å². The Morgan fingerprint density at radius 1 is 1.24 bits per heavy atom. The highest BCUT2D eigenvalue weighted by Gasteiger charge is 2.08. The van der Waals surface area contributed by atoms with Crippen LogP contribution < -0.4 is 4.74 Å². The predicted molar refractivity (Wildman–Crippen MR) is 71.8 cm³/mol. The van der Waals surface area contributed by atoms with Crippen LogP contribution in [0.5, 0.6) is 5.75 Å². The first kappa shape index (κ1) is 12.3. The van der Waals surface area contributed by atoms with Crippen LogP contribution in [0.1, 0.15) is 5.56 Å². The number of pyridine rings is 1. The average Bonchev–Trinajstić information content (AvgIpc) is 2.38. The fraction of sp³-hybridized carbons (Fsp3) is 0.154. The number of hydrogen-bond acceptors (Lipinski definition) is 3. The zero-order valence-electron chi connectivity index (χ0n) is 9.39. The van der Waals surface area contributed by atoms with Gasteiger partial charge in [-0.3, -0.25) is 0 Å². The molecule has 2 aromatic rings. The summed E-state index contributed by atoms with van der Waals surface area (Å²) >= 11 is 7.62. The summed E-state index contributed by atoms with van der Waals surface area (Å²) in [4.78, 5) is 5.03. The number of nitrogens with zero attached hydrogens (tertiary/aromatic N) is 1. The van der Waals surface area contributed by atoms with Gasteiger partial charge in [0.25, 0.3) is 0 Å². The summed E-state index contributed by atoms with van der Waals surface area (Å²) in [6.45, 7) is 0.500. The van der Waals surface area contributed by atoms with Crippen LogP contribution in [0.4, 0.5) is 0 Å². The van der Waals surface area contributed by atoms with E-state index >= 15 is 0 Å². The lowest BCUT2D eigenvalue weighted by molar-refractivity contribution is 0.298. The van der Waals surface area contributed by atoms with Crippen molar-refractivity contribution in [1.29, 1.82) is 0 Å². The van der Waals surface area contributed by atoms with Crippen LogP contribution in [0.25, 0.3) is 0 Å². The number of hydrogen-bond donors (Lipinski definition) is 0. The van der Waals surface area contributed by atoms with Crippen molar-refractivity contribution in [3.63, 3.8) is 0 Å². The molecule has 0 aliphatic carbocycles. The molecule has 0 aliphatic rings. The third kappa shape index (κ3) is 3.14. The molecule has 2 rings (SSSR count). The SMILES string of the molecule is CSc1ccnc(Cl)c1OCc1ccccc1. The van der Waals surface area contributed by atoms with E-state index in [4.69, 9.17) is 16.3 Å². The Kier molecular flexibility index (Phi) is 4.29. The van der Waals surface area contributed by atoms with E-state index in [1.54, 1.807) is 18.0 Å². The van der Waals surface area contributed by atoms with Crippen molar-refractivity contribution in [1.82, 2.24) is 4.98 Å². The van der Waals surface area contributed by atoms with Gasteiger partial charge in [0.2, 0.25) is 0 Å². The molecule has 0 spiro atoms. The Balaban J connectivity index is 2.14. The summed E-state index contributed by atoms with van der Waals surface area (Å²) in [5, 5.41) is 0.410. The summed E-state index contributed by atoms with van der Waals surface area (Å²) in [5.74, 6) is 0.658. The van der Waals surface area contributed by atoms with Gasteiger partial charge in [0.1, 0.15) is 6.61 Å². The average molecular weight is 266 g/mol. The van der Waals surface area contributed by atoms with Crippen molar-refractivity contribution < 1.29 is 4.74 Å². The number of thioether (sulfide) groups is 1. The van der Waals surface area contributed by atoms with E-state index < -0.39 is 0 Å². The van der Waals surface area contributed by atoms with Crippen molar-refractivity contribution >= 4 is 23.4 Å². The van der Waals surface area contributed by atoms with Gasteiger partial charge in [0.15, 0.2) is 10.9 Å². The molecule has 88 valence electrons. The topological polar surface area (TPSA) is 22.1 Å². The van der Waals surface area contributed by atoms with E-state index in [9.17, 15) is 0 Å². The van der Waals surface area contributed by atoms with E-state index in [-0.39, 0.29) is 0 Å². The highest BCUT2D eigenvalue weighted by molar-refractivity contribution is 7.98. The first-order chi connectivity index (χ1) is 8.31. The quantitative estimate of drug-likeness (QED) is 0.615. The largest absolute Gasteiger partial charge is 0.484 e. The van der Waals surface area contributed by atoms with Crippen LogP contribution in [-0.4, -0.2) is 11.2 Å². The van der Waals surface area contributed by atoms with Crippen LogP contribution in [0, 0.1) is 0 Å². The first-order valence-corrected chi connectivity index (χ1v) is 6.76. The number of benzene rings is 1. The molecule has 0 radical (unpaired) electrons. The van der Waals surface area contributed by atoms with Crippen molar-refractivity contribution in [2.24, 2.45) is 0 Å². The van der Waals surface area contributed by atoms with Gasteiger partial charge in [-0.25, -0.2) is 4.98 Å². The number of ether oxygens (including phenoxy) is 1. The minimum absolute atomic E-state index is 0.410. The fourth-order valence-corrected chi connectivity index (χ4v) is 2.23. The molecule has 0 amide bonds. The van der Waals surface area contributed by atoms with Crippen LogP contribution in [0.3, 0.4) is 0 Å². The maximum absolute atomic E-state index is 6.02. The van der Waals surface area contributed by atoms with E-state index in [2.05, 4.69) is 4.98 Å². The molecule has 17 heavy (non-hydrogen) atoms. The maximum atomic E-state index is 6.02. The highest BCUT2D eigenvalue weighted by Crippen LogP contribution is 2.33. The van der Waals surface area contributed by atoms with Crippen molar-refractivity contribution in [3.05, 3.63) is 53.3 Å². The van der Waals surface area contributed by atoms with Gasteiger partial charge in [-0.1, -0.05) is 41.9 Å².